The Balaban J connectivity index is 1.53. The van der Waals surface area contributed by atoms with Gasteiger partial charge in [0.1, 0.15) is 0 Å². The van der Waals surface area contributed by atoms with Crippen LogP contribution in [0.25, 0.3) is 0 Å². The molecule has 0 unspecified atom stereocenters. The zero-order valence-corrected chi connectivity index (χ0v) is 16.9. The van der Waals surface area contributed by atoms with Gasteiger partial charge in [0.25, 0.3) is 5.91 Å². The molecule has 1 N–H and O–H groups in total. The molecule has 2 aliphatic rings. The van der Waals surface area contributed by atoms with Gasteiger partial charge < -0.3 is 10.0 Å². The van der Waals surface area contributed by atoms with E-state index in [9.17, 15) is 9.90 Å². The van der Waals surface area contributed by atoms with Gasteiger partial charge in [0, 0.05) is 26.2 Å². The molecule has 1 aromatic rings. The van der Waals surface area contributed by atoms with Gasteiger partial charge in [-0.05, 0) is 50.7 Å². The lowest BCUT2D eigenvalue weighted by Crippen LogP contribution is -2.58. The summed E-state index contributed by atoms with van der Waals surface area (Å²) >= 11 is 1.38. The maximum absolute atomic E-state index is 13.0. The number of hydrogen-bond acceptors (Lipinski definition) is 6. The van der Waals surface area contributed by atoms with E-state index in [1.165, 1.54) is 43.6 Å². The summed E-state index contributed by atoms with van der Waals surface area (Å²) in [6.45, 7) is 4.56. The molecule has 0 spiro atoms. The summed E-state index contributed by atoms with van der Waals surface area (Å²) in [7, 11) is 1.95. The van der Waals surface area contributed by atoms with Gasteiger partial charge in [-0.1, -0.05) is 36.6 Å². The highest BCUT2D eigenvalue weighted by Crippen LogP contribution is 2.29. The average molecular weight is 381 g/mol. The molecule has 7 heteroatoms. The Morgan fingerprint density at radius 2 is 2.08 bits per heavy atom. The van der Waals surface area contributed by atoms with Gasteiger partial charge in [0.2, 0.25) is 0 Å². The highest BCUT2D eigenvalue weighted by atomic mass is 32.1. The Morgan fingerprint density at radius 1 is 1.31 bits per heavy atom. The van der Waals surface area contributed by atoms with Crippen LogP contribution in [0.3, 0.4) is 0 Å². The summed E-state index contributed by atoms with van der Waals surface area (Å²) in [4.78, 5) is 18.0. The van der Waals surface area contributed by atoms with Gasteiger partial charge in [0.05, 0.1) is 10.6 Å². The number of rotatable bonds is 7. The Kier molecular flexibility index (Phi) is 6.64. The number of carbonyl (C=O) groups excluding carboxylic acids is 1. The number of likely N-dealkylation sites (tertiary alicyclic amines) is 1. The molecule has 0 aromatic carbocycles. The van der Waals surface area contributed by atoms with E-state index in [4.69, 9.17) is 0 Å². The van der Waals surface area contributed by atoms with E-state index >= 15 is 0 Å². The predicted molar refractivity (Wildman–Crippen MR) is 103 cm³/mol. The lowest BCUT2D eigenvalue weighted by molar-refractivity contribution is -0.159. The second kappa shape index (κ2) is 8.76. The Hall–Kier alpha value is -1.05. The van der Waals surface area contributed by atoms with Crippen molar-refractivity contribution in [2.45, 2.75) is 70.4 Å². The summed E-state index contributed by atoms with van der Waals surface area (Å²) in [5, 5.41) is 15.1. The van der Waals surface area contributed by atoms with Gasteiger partial charge in [0.15, 0.2) is 5.60 Å². The largest absolute Gasteiger partial charge is 0.379 e. The molecule has 1 atom stereocenters. The van der Waals surface area contributed by atoms with Gasteiger partial charge in [-0.25, -0.2) is 0 Å². The Labute approximate surface area is 160 Å². The van der Waals surface area contributed by atoms with Crippen LogP contribution in [0.15, 0.2) is 0 Å². The van der Waals surface area contributed by atoms with Crippen molar-refractivity contribution in [3.05, 3.63) is 10.6 Å². The molecule has 2 heterocycles. The van der Waals surface area contributed by atoms with Crippen LogP contribution < -0.4 is 0 Å². The number of hydrogen-bond donors (Lipinski definition) is 1. The summed E-state index contributed by atoms with van der Waals surface area (Å²) < 4.78 is 3.96. The van der Waals surface area contributed by atoms with Crippen molar-refractivity contribution in [3.63, 3.8) is 0 Å². The number of aryl methyl sites for hydroxylation is 1. The van der Waals surface area contributed by atoms with Crippen molar-refractivity contribution in [2.24, 2.45) is 5.92 Å². The number of aliphatic hydroxyl groups is 1. The standard InChI is InChI=1S/C19H32N4O2S/c1-15-17(26-21-20-15)13-22(2)14-19(25)10-6-11-23(18(19)24)12-9-16-7-4-3-5-8-16/h16,25H,3-14H2,1-2H3/t19-/m1/s1. The van der Waals surface area contributed by atoms with Crippen molar-refractivity contribution in [3.8, 4) is 0 Å². The first-order valence-electron chi connectivity index (χ1n) is 9.96. The molecule has 1 aliphatic carbocycles. The molecule has 1 saturated carbocycles. The molecule has 1 aromatic heterocycles. The number of likely N-dealkylation sites (N-methyl/N-ethyl adjacent to an activating group) is 1. The van der Waals surface area contributed by atoms with Gasteiger partial charge >= 0.3 is 0 Å². The highest BCUT2D eigenvalue weighted by molar-refractivity contribution is 7.05. The fourth-order valence-electron chi connectivity index (χ4n) is 4.38. The number of carbonyl (C=O) groups is 1. The third kappa shape index (κ3) is 4.81. The van der Waals surface area contributed by atoms with Crippen molar-refractivity contribution < 1.29 is 9.90 Å². The van der Waals surface area contributed by atoms with Crippen LogP contribution in [-0.2, 0) is 11.3 Å². The molecule has 6 nitrogen and oxygen atoms in total. The molecular weight excluding hydrogens is 348 g/mol. The van der Waals surface area contributed by atoms with E-state index in [0.29, 0.717) is 19.5 Å². The summed E-state index contributed by atoms with van der Waals surface area (Å²) in [5.74, 6) is 0.682. The van der Waals surface area contributed by atoms with Crippen molar-refractivity contribution in [2.75, 3.05) is 26.7 Å². The summed E-state index contributed by atoms with van der Waals surface area (Å²) in [5.41, 5.74) is -0.330. The normalized spacial score (nSPS) is 25.2. The Morgan fingerprint density at radius 3 is 2.77 bits per heavy atom. The van der Waals surface area contributed by atoms with E-state index in [-0.39, 0.29) is 5.91 Å². The third-order valence-electron chi connectivity index (χ3n) is 5.93. The maximum atomic E-state index is 13.0. The Bertz CT molecular complexity index is 602. The zero-order chi connectivity index (χ0) is 18.6. The summed E-state index contributed by atoms with van der Waals surface area (Å²) in [6.07, 6.45) is 9.15. The van der Waals surface area contributed by atoms with Crippen molar-refractivity contribution >= 4 is 17.4 Å². The molecule has 2 fully saturated rings. The van der Waals surface area contributed by atoms with E-state index in [1.54, 1.807) is 0 Å². The fraction of sp³-hybridized carbons (Fsp3) is 0.842. The number of piperidine rings is 1. The van der Waals surface area contributed by atoms with Crippen molar-refractivity contribution in [1.29, 1.82) is 0 Å². The first kappa shape index (κ1) is 19.7. The van der Waals surface area contributed by atoms with E-state index in [1.807, 2.05) is 23.8 Å². The van der Waals surface area contributed by atoms with E-state index < -0.39 is 5.60 Å². The van der Waals surface area contributed by atoms with Crippen molar-refractivity contribution in [1.82, 2.24) is 19.4 Å². The number of nitrogens with zero attached hydrogens (tertiary/aromatic N) is 4. The molecule has 26 heavy (non-hydrogen) atoms. The predicted octanol–water partition coefficient (Wildman–Crippen LogP) is 2.60. The topological polar surface area (TPSA) is 69.6 Å². The molecule has 3 rings (SSSR count). The lowest BCUT2D eigenvalue weighted by atomic mass is 9.86. The smallest absolute Gasteiger partial charge is 0.255 e. The van der Waals surface area contributed by atoms with Crippen LogP contribution in [0, 0.1) is 12.8 Å². The van der Waals surface area contributed by atoms with Crippen LogP contribution in [0.2, 0.25) is 0 Å². The van der Waals surface area contributed by atoms with Gasteiger partial charge in [-0.3, -0.25) is 9.69 Å². The van der Waals surface area contributed by atoms with E-state index in [2.05, 4.69) is 9.59 Å². The van der Waals surface area contributed by atoms with Crippen LogP contribution in [-0.4, -0.2) is 62.7 Å². The molecule has 1 aliphatic heterocycles. The van der Waals surface area contributed by atoms with Gasteiger partial charge in [-0.2, -0.15) is 0 Å². The number of aromatic nitrogens is 2. The van der Waals surface area contributed by atoms with Crippen LogP contribution >= 0.6 is 11.5 Å². The molecular formula is C19H32N4O2S. The minimum absolute atomic E-state index is 0.0782. The number of amides is 1. The lowest BCUT2D eigenvalue weighted by Gasteiger charge is -2.40. The molecule has 0 radical (unpaired) electrons. The monoisotopic (exact) mass is 380 g/mol. The summed E-state index contributed by atoms with van der Waals surface area (Å²) in [6, 6.07) is 0. The quantitative estimate of drug-likeness (QED) is 0.787. The maximum Gasteiger partial charge on any atom is 0.255 e. The third-order valence-corrected chi connectivity index (χ3v) is 6.73. The van der Waals surface area contributed by atoms with Gasteiger partial charge in [-0.15, -0.1) is 5.10 Å². The molecule has 146 valence electrons. The minimum atomic E-state index is -1.26. The fourth-order valence-corrected chi connectivity index (χ4v) is 5.10. The SMILES string of the molecule is Cc1nnsc1CN(C)C[C@]1(O)CCCN(CCC2CCCCC2)C1=O. The minimum Gasteiger partial charge on any atom is -0.379 e. The second-order valence-corrected chi connectivity index (χ2v) is 9.01. The van der Waals surface area contributed by atoms with E-state index in [0.717, 1.165) is 42.4 Å². The first-order valence-corrected chi connectivity index (χ1v) is 10.7. The van der Waals surface area contributed by atoms with Crippen LogP contribution in [0.5, 0.6) is 0 Å². The molecule has 1 saturated heterocycles. The molecule has 1 amide bonds. The average Bonchev–Trinajstić information content (AvgIpc) is 3.02. The highest BCUT2D eigenvalue weighted by Gasteiger charge is 2.42. The van der Waals surface area contributed by atoms with Crippen LogP contribution in [0.1, 0.15) is 61.9 Å². The second-order valence-electron chi connectivity index (χ2n) is 8.17. The first-order chi connectivity index (χ1) is 12.5. The zero-order valence-electron chi connectivity index (χ0n) is 16.1. The molecule has 0 bridgehead atoms. The van der Waals surface area contributed by atoms with Crippen LogP contribution in [0.4, 0.5) is 0 Å².